The Morgan fingerprint density at radius 2 is 1.96 bits per heavy atom. The van der Waals surface area contributed by atoms with Crippen LogP contribution in [0.4, 0.5) is 0 Å². The van der Waals surface area contributed by atoms with Gasteiger partial charge in [0.1, 0.15) is 6.33 Å². The fourth-order valence-electron chi connectivity index (χ4n) is 3.25. The summed E-state index contributed by atoms with van der Waals surface area (Å²) >= 11 is 0. The third kappa shape index (κ3) is 3.28. The van der Waals surface area contributed by atoms with Gasteiger partial charge in [-0.2, -0.15) is 0 Å². The van der Waals surface area contributed by atoms with Gasteiger partial charge in [0.25, 0.3) is 5.91 Å². The van der Waals surface area contributed by atoms with Gasteiger partial charge >= 0.3 is 0 Å². The summed E-state index contributed by atoms with van der Waals surface area (Å²) in [5, 5.41) is 12.2. The number of hydrogen-bond acceptors (Lipinski definition) is 3. The maximum Gasteiger partial charge on any atom is 0.251 e. The Bertz CT molecular complexity index is 881. The summed E-state index contributed by atoms with van der Waals surface area (Å²) in [6, 6.07) is 15.6. The summed E-state index contributed by atoms with van der Waals surface area (Å²) in [6.07, 6.45) is 4.69. The van der Waals surface area contributed by atoms with Crippen molar-refractivity contribution in [3.63, 3.8) is 0 Å². The summed E-state index contributed by atoms with van der Waals surface area (Å²) in [7, 11) is 0. The normalized spacial score (nSPS) is 15.2. The predicted molar refractivity (Wildman–Crippen MR) is 96.8 cm³/mol. The minimum Gasteiger partial charge on any atom is -0.396 e. The second kappa shape index (κ2) is 6.69. The highest BCUT2D eigenvalue weighted by Gasteiger charge is 2.31. The van der Waals surface area contributed by atoms with Crippen molar-refractivity contribution in [2.75, 3.05) is 6.61 Å². The van der Waals surface area contributed by atoms with Gasteiger partial charge in [-0.05, 0) is 61.6 Å². The maximum absolute atomic E-state index is 12.5. The van der Waals surface area contributed by atoms with Crippen LogP contribution in [0.5, 0.6) is 0 Å². The van der Waals surface area contributed by atoms with Crippen LogP contribution in [0.15, 0.2) is 54.9 Å². The Labute approximate surface area is 146 Å². The molecule has 2 aromatic carbocycles. The van der Waals surface area contributed by atoms with Crippen molar-refractivity contribution in [1.82, 2.24) is 14.9 Å². The van der Waals surface area contributed by atoms with E-state index in [1.807, 2.05) is 53.1 Å². The monoisotopic (exact) mass is 335 g/mol. The zero-order valence-electron chi connectivity index (χ0n) is 13.9. The summed E-state index contributed by atoms with van der Waals surface area (Å²) in [5.41, 5.74) is 3.59. The van der Waals surface area contributed by atoms with Gasteiger partial charge in [-0.1, -0.05) is 12.1 Å². The van der Waals surface area contributed by atoms with Crippen LogP contribution in [0, 0.1) is 5.92 Å². The zero-order valence-corrected chi connectivity index (χ0v) is 13.9. The number of benzene rings is 2. The lowest BCUT2D eigenvalue weighted by Gasteiger charge is -2.17. The van der Waals surface area contributed by atoms with Gasteiger partial charge < -0.3 is 10.4 Å². The fraction of sp³-hybridized carbons (Fsp3) is 0.300. The molecule has 0 aliphatic heterocycles. The van der Waals surface area contributed by atoms with Crippen molar-refractivity contribution in [2.45, 2.75) is 25.3 Å². The molecule has 3 aromatic rings. The number of rotatable bonds is 6. The van der Waals surface area contributed by atoms with E-state index < -0.39 is 0 Å². The van der Waals surface area contributed by atoms with Gasteiger partial charge in [0.05, 0.1) is 11.0 Å². The third-order valence-electron chi connectivity index (χ3n) is 4.81. The first-order chi connectivity index (χ1) is 12.3. The smallest absolute Gasteiger partial charge is 0.251 e. The molecule has 0 radical (unpaired) electrons. The van der Waals surface area contributed by atoms with Crippen LogP contribution in [0.25, 0.3) is 16.7 Å². The highest BCUT2D eigenvalue weighted by atomic mass is 16.3. The zero-order chi connectivity index (χ0) is 17.2. The van der Waals surface area contributed by atoms with Crippen LogP contribution in [-0.2, 0) is 0 Å². The molecule has 0 saturated heterocycles. The number of nitrogens with zero attached hydrogens (tertiary/aromatic N) is 2. The van der Waals surface area contributed by atoms with Crippen LogP contribution in [-0.4, -0.2) is 33.2 Å². The highest BCUT2D eigenvalue weighted by Crippen LogP contribution is 2.34. The van der Waals surface area contributed by atoms with E-state index in [9.17, 15) is 4.79 Å². The number of nitrogens with one attached hydrogen (secondary N) is 1. The van der Waals surface area contributed by atoms with Gasteiger partial charge in [-0.25, -0.2) is 4.98 Å². The largest absolute Gasteiger partial charge is 0.396 e. The Morgan fingerprint density at radius 1 is 1.20 bits per heavy atom. The van der Waals surface area contributed by atoms with Gasteiger partial charge in [0, 0.05) is 23.9 Å². The van der Waals surface area contributed by atoms with E-state index >= 15 is 0 Å². The van der Waals surface area contributed by atoms with Crippen molar-refractivity contribution in [1.29, 1.82) is 0 Å². The maximum atomic E-state index is 12.5. The topological polar surface area (TPSA) is 67.2 Å². The van der Waals surface area contributed by atoms with E-state index in [1.54, 1.807) is 6.33 Å². The number of aliphatic hydroxyl groups excluding tert-OH is 1. The van der Waals surface area contributed by atoms with Crippen molar-refractivity contribution < 1.29 is 9.90 Å². The van der Waals surface area contributed by atoms with E-state index in [4.69, 9.17) is 5.11 Å². The van der Waals surface area contributed by atoms with Crippen molar-refractivity contribution >= 4 is 16.9 Å². The molecule has 1 fully saturated rings. The van der Waals surface area contributed by atoms with Gasteiger partial charge in [0.2, 0.25) is 0 Å². The van der Waals surface area contributed by atoms with E-state index in [0.29, 0.717) is 17.9 Å². The first kappa shape index (κ1) is 15.8. The quantitative estimate of drug-likeness (QED) is 0.728. The first-order valence-corrected chi connectivity index (χ1v) is 8.70. The molecule has 0 spiro atoms. The van der Waals surface area contributed by atoms with E-state index in [0.717, 1.165) is 29.6 Å². The molecule has 25 heavy (non-hydrogen) atoms. The first-order valence-electron chi connectivity index (χ1n) is 8.70. The number of para-hydroxylation sites is 2. The number of fused-ring (bicyclic) bond motifs is 1. The molecular formula is C20H21N3O2. The molecule has 1 saturated carbocycles. The molecule has 1 heterocycles. The SMILES string of the molecule is O=C(NC(CCO)C1CC1)c1ccc(-n2cnc3ccccc32)cc1. The Morgan fingerprint density at radius 3 is 2.68 bits per heavy atom. The molecular weight excluding hydrogens is 314 g/mol. The fourth-order valence-corrected chi connectivity index (χ4v) is 3.25. The van der Waals surface area contributed by atoms with Crippen LogP contribution >= 0.6 is 0 Å². The number of carbonyl (C=O) groups is 1. The number of amides is 1. The summed E-state index contributed by atoms with van der Waals surface area (Å²) in [5.74, 6) is 0.445. The summed E-state index contributed by atoms with van der Waals surface area (Å²) < 4.78 is 2.01. The lowest BCUT2D eigenvalue weighted by atomic mass is 10.1. The molecule has 2 N–H and O–H groups in total. The molecule has 1 aliphatic rings. The van der Waals surface area contributed by atoms with E-state index in [2.05, 4.69) is 10.3 Å². The molecule has 1 aliphatic carbocycles. The Balaban J connectivity index is 1.52. The molecule has 128 valence electrons. The molecule has 1 atom stereocenters. The molecule has 0 bridgehead atoms. The average molecular weight is 335 g/mol. The number of aromatic nitrogens is 2. The number of carbonyl (C=O) groups excluding carboxylic acids is 1. The molecule has 1 amide bonds. The van der Waals surface area contributed by atoms with Crippen LogP contribution in [0.2, 0.25) is 0 Å². The number of imidazole rings is 1. The molecule has 1 aromatic heterocycles. The number of hydrogen-bond donors (Lipinski definition) is 2. The lowest BCUT2D eigenvalue weighted by Crippen LogP contribution is -2.37. The van der Waals surface area contributed by atoms with Crippen molar-refractivity contribution in [2.24, 2.45) is 5.92 Å². The predicted octanol–water partition coefficient (Wildman–Crippen LogP) is 2.92. The summed E-state index contributed by atoms with van der Waals surface area (Å²) in [6.45, 7) is 0.105. The van der Waals surface area contributed by atoms with Crippen molar-refractivity contribution in [3.05, 3.63) is 60.4 Å². The standard InChI is InChI=1S/C20H21N3O2/c24-12-11-17(14-5-6-14)22-20(25)15-7-9-16(10-8-15)23-13-21-18-3-1-2-4-19(18)23/h1-4,7-10,13-14,17,24H,5-6,11-12H2,(H,22,25). The van der Waals surface area contributed by atoms with Gasteiger partial charge in [0.15, 0.2) is 0 Å². The van der Waals surface area contributed by atoms with Crippen LogP contribution in [0.1, 0.15) is 29.6 Å². The molecule has 5 nitrogen and oxygen atoms in total. The molecule has 4 rings (SSSR count). The second-order valence-electron chi connectivity index (χ2n) is 6.58. The van der Waals surface area contributed by atoms with Crippen LogP contribution in [0.3, 0.4) is 0 Å². The Hall–Kier alpha value is -2.66. The van der Waals surface area contributed by atoms with Crippen molar-refractivity contribution in [3.8, 4) is 5.69 Å². The summed E-state index contributed by atoms with van der Waals surface area (Å²) in [4.78, 5) is 16.9. The van der Waals surface area contributed by atoms with Gasteiger partial charge in [-0.3, -0.25) is 9.36 Å². The van der Waals surface area contributed by atoms with Gasteiger partial charge in [-0.15, -0.1) is 0 Å². The number of aliphatic hydroxyl groups is 1. The third-order valence-corrected chi connectivity index (χ3v) is 4.81. The molecule has 1 unspecified atom stereocenters. The second-order valence-corrected chi connectivity index (χ2v) is 6.58. The van der Waals surface area contributed by atoms with Crippen LogP contribution < -0.4 is 5.32 Å². The lowest BCUT2D eigenvalue weighted by molar-refractivity contribution is 0.0924. The van der Waals surface area contributed by atoms with E-state index in [-0.39, 0.29) is 18.6 Å². The molecule has 5 heteroatoms. The minimum absolute atomic E-state index is 0.0765. The Kier molecular flexibility index (Phi) is 4.24. The average Bonchev–Trinajstić information content (AvgIpc) is 3.40. The highest BCUT2D eigenvalue weighted by molar-refractivity contribution is 5.94. The van der Waals surface area contributed by atoms with E-state index in [1.165, 1.54) is 0 Å². The minimum atomic E-state index is -0.0765.